The molecule has 1 aromatic heterocycles. The van der Waals surface area contributed by atoms with Crippen molar-refractivity contribution in [3.63, 3.8) is 0 Å². The summed E-state index contributed by atoms with van der Waals surface area (Å²) in [6.07, 6.45) is 9.00. The molecule has 0 bridgehead atoms. The lowest BCUT2D eigenvalue weighted by Crippen LogP contribution is -2.59. The molecule has 6 rings (SSSR count). The van der Waals surface area contributed by atoms with Crippen LogP contribution in [-0.2, 0) is 20.9 Å². The molecule has 250 valence electrons. The summed E-state index contributed by atoms with van der Waals surface area (Å²) >= 11 is 0. The van der Waals surface area contributed by atoms with Crippen LogP contribution in [0.1, 0.15) is 70.9 Å². The molecule has 2 aliphatic heterocycles. The summed E-state index contributed by atoms with van der Waals surface area (Å²) in [6.45, 7) is 8.11. The van der Waals surface area contributed by atoms with Gasteiger partial charge in [0.1, 0.15) is 24.5 Å². The van der Waals surface area contributed by atoms with Gasteiger partial charge >= 0.3 is 6.09 Å². The average molecular weight is 644 g/mol. The van der Waals surface area contributed by atoms with Crippen molar-refractivity contribution in [2.75, 3.05) is 13.6 Å². The maximum atomic E-state index is 14.6. The largest absolute Gasteiger partial charge is 0.445 e. The van der Waals surface area contributed by atoms with E-state index in [1.54, 1.807) is 13.0 Å². The summed E-state index contributed by atoms with van der Waals surface area (Å²) < 4.78 is 19.5. The molecule has 2 N–H and O–H groups in total. The van der Waals surface area contributed by atoms with Crippen LogP contribution in [-0.4, -0.2) is 81.4 Å². The van der Waals surface area contributed by atoms with Gasteiger partial charge in [0.15, 0.2) is 0 Å². The van der Waals surface area contributed by atoms with Gasteiger partial charge in [0.25, 0.3) is 0 Å². The van der Waals surface area contributed by atoms with Gasteiger partial charge in [-0.25, -0.2) is 9.18 Å². The van der Waals surface area contributed by atoms with Crippen LogP contribution in [0, 0.1) is 11.2 Å². The Kier molecular flexibility index (Phi) is 9.05. The van der Waals surface area contributed by atoms with Gasteiger partial charge in [-0.1, -0.05) is 63.9 Å². The van der Waals surface area contributed by atoms with Crippen molar-refractivity contribution >= 4 is 34.4 Å². The van der Waals surface area contributed by atoms with Gasteiger partial charge in [-0.15, -0.1) is 0 Å². The third kappa shape index (κ3) is 6.47. The number of halogens is 1. The lowest BCUT2D eigenvalue weighted by molar-refractivity contribution is -0.140. The SMILES string of the molecule is CC(C(=O)NC(C(=O)N1CCC2C1C(c1c[nH]c3cc(F)ccc13)=CN2C1CCCC1)C(C)(C)C)N(C)C(=O)OCc1ccccc1. The Morgan fingerprint density at radius 1 is 1.09 bits per heavy atom. The highest BCUT2D eigenvalue weighted by atomic mass is 19.1. The number of carbonyl (C=O) groups is 3. The molecule has 3 heterocycles. The lowest BCUT2D eigenvalue weighted by atomic mass is 9.85. The van der Waals surface area contributed by atoms with E-state index in [1.807, 2.05) is 62.2 Å². The first-order valence-corrected chi connectivity index (χ1v) is 16.7. The van der Waals surface area contributed by atoms with Crippen LogP contribution in [0.3, 0.4) is 0 Å². The Bertz CT molecular complexity index is 1660. The van der Waals surface area contributed by atoms with E-state index in [-0.39, 0.29) is 30.4 Å². The predicted molar refractivity (Wildman–Crippen MR) is 179 cm³/mol. The van der Waals surface area contributed by atoms with Crippen molar-refractivity contribution in [2.45, 2.75) is 96.6 Å². The number of nitrogens with one attached hydrogen (secondary N) is 2. The van der Waals surface area contributed by atoms with E-state index < -0.39 is 29.5 Å². The first kappa shape index (κ1) is 32.6. The highest BCUT2D eigenvalue weighted by molar-refractivity contribution is 5.97. The molecule has 4 atom stereocenters. The molecule has 0 radical (unpaired) electrons. The number of rotatable bonds is 8. The fourth-order valence-electron chi connectivity index (χ4n) is 7.42. The summed E-state index contributed by atoms with van der Waals surface area (Å²) in [5, 5.41) is 3.93. The van der Waals surface area contributed by atoms with E-state index in [4.69, 9.17) is 4.74 Å². The first-order chi connectivity index (χ1) is 22.4. The average Bonchev–Trinajstić information content (AvgIpc) is 3.86. The van der Waals surface area contributed by atoms with Crippen LogP contribution in [0.15, 0.2) is 60.9 Å². The van der Waals surface area contributed by atoms with E-state index in [0.29, 0.717) is 18.1 Å². The minimum absolute atomic E-state index is 0.0953. The summed E-state index contributed by atoms with van der Waals surface area (Å²) in [7, 11) is 1.52. The summed E-state index contributed by atoms with van der Waals surface area (Å²) in [4.78, 5) is 50.0. The molecular weight excluding hydrogens is 597 g/mol. The lowest BCUT2D eigenvalue weighted by Gasteiger charge is -2.37. The van der Waals surface area contributed by atoms with Crippen molar-refractivity contribution < 1.29 is 23.5 Å². The third-order valence-corrected chi connectivity index (χ3v) is 10.2. The Balaban J connectivity index is 1.22. The van der Waals surface area contributed by atoms with Crippen molar-refractivity contribution in [1.82, 2.24) is 25.0 Å². The number of nitrogens with zero attached hydrogens (tertiary/aromatic N) is 3. The number of H-pyrrole nitrogens is 1. The van der Waals surface area contributed by atoms with Crippen molar-refractivity contribution in [1.29, 1.82) is 0 Å². The number of carbonyl (C=O) groups excluding carboxylic acids is 3. The zero-order valence-corrected chi connectivity index (χ0v) is 28.0. The van der Waals surface area contributed by atoms with Crippen LogP contribution in [0.4, 0.5) is 9.18 Å². The monoisotopic (exact) mass is 643 g/mol. The molecule has 0 spiro atoms. The molecule has 3 aromatic rings. The zero-order chi connectivity index (χ0) is 33.5. The van der Waals surface area contributed by atoms with Crippen molar-refractivity contribution in [2.24, 2.45) is 5.41 Å². The highest BCUT2D eigenvalue weighted by Gasteiger charge is 2.50. The second-order valence-corrected chi connectivity index (χ2v) is 14.3. The maximum Gasteiger partial charge on any atom is 0.410 e. The molecule has 3 amide bonds. The van der Waals surface area contributed by atoms with Gasteiger partial charge in [0.05, 0.1) is 12.1 Å². The minimum atomic E-state index is -0.867. The molecule has 4 unspecified atom stereocenters. The summed E-state index contributed by atoms with van der Waals surface area (Å²) in [6, 6.07) is 12.8. The first-order valence-electron chi connectivity index (χ1n) is 16.7. The molecule has 2 fully saturated rings. The Labute approximate surface area is 276 Å². The molecule has 1 saturated heterocycles. The molecule has 9 nitrogen and oxygen atoms in total. The normalized spacial score (nSPS) is 21.0. The maximum absolute atomic E-state index is 14.6. The van der Waals surface area contributed by atoms with Gasteiger partial charge in [-0.2, -0.15) is 0 Å². The van der Waals surface area contributed by atoms with Gasteiger partial charge in [-0.05, 0) is 55.4 Å². The number of likely N-dealkylation sites (tertiary alicyclic amines) is 1. The van der Waals surface area contributed by atoms with Gasteiger partial charge in [-0.3, -0.25) is 14.5 Å². The molecule has 1 saturated carbocycles. The van der Waals surface area contributed by atoms with E-state index in [1.165, 1.54) is 36.9 Å². The van der Waals surface area contributed by atoms with Gasteiger partial charge in [0, 0.05) is 54.1 Å². The van der Waals surface area contributed by atoms with Gasteiger partial charge in [0.2, 0.25) is 11.8 Å². The van der Waals surface area contributed by atoms with Crippen LogP contribution in [0.2, 0.25) is 0 Å². The molecular formula is C37H46FN5O4. The smallest absolute Gasteiger partial charge is 0.410 e. The second-order valence-electron chi connectivity index (χ2n) is 14.3. The van der Waals surface area contributed by atoms with E-state index >= 15 is 0 Å². The number of hydrogen-bond acceptors (Lipinski definition) is 5. The molecule has 2 aromatic carbocycles. The number of likely N-dealkylation sites (N-methyl/N-ethyl adjacent to an activating group) is 1. The number of fused-ring (bicyclic) bond motifs is 2. The molecule has 47 heavy (non-hydrogen) atoms. The third-order valence-electron chi connectivity index (χ3n) is 10.2. The summed E-state index contributed by atoms with van der Waals surface area (Å²) in [5.74, 6) is -0.881. The van der Waals surface area contributed by atoms with Crippen LogP contribution in [0.25, 0.3) is 16.5 Å². The number of aromatic amines is 1. The number of ether oxygens (including phenoxy) is 1. The molecule has 10 heteroatoms. The Morgan fingerprint density at radius 3 is 2.51 bits per heavy atom. The van der Waals surface area contributed by atoms with E-state index in [2.05, 4.69) is 21.4 Å². The topological polar surface area (TPSA) is 98.0 Å². The Morgan fingerprint density at radius 2 is 1.81 bits per heavy atom. The van der Waals surface area contributed by atoms with E-state index in [0.717, 1.165) is 41.3 Å². The highest BCUT2D eigenvalue weighted by Crippen LogP contribution is 2.45. The van der Waals surface area contributed by atoms with Gasteiger partial charge < -0.3 is 24.8 Å². The van der Waals surface area contributed by atoms with Crippen molar-refractivity contribution in [3.8, 4) is 0 Å². The molecule has 3 aliphatic rings. The number of amides is 3. The number of aromatic nitrogens is 1. The standard InChI is InChI=1S/C37H46FN5O4/c1-23(41(5)36(46)47-22-24-11-7-6-8-12-24)34(44)40-33(37(2,3)4)35(45)42-18-17-31-32(42)29(21-43(31)26-13-9-10-14-26)28-20-39-30-19-25(38)15-16-27(28)30/h6-8,11-12,15-16,19-21,23,26,31-33,39H,9-10,13-14,17-18,22H2,1-5H3,(H,40,44). The number of benzene rings is 2. The quantitative estimate of drug-likeness (QED) is 0.311. The predicted octanol–water partition coefficient (Wildman–Crippen LogP) is 6.06. The zero-order valence-electron chi connectivity index (χ0n) is 28.0. The van der Waals surface area contributed by atoms with Crippen LogP contribution in [0.5, 0.6) is 0 Å². The summed E-state index contributed by atoms with van der Waals surface area (Å²) in [5.41, 5.74) is 2.96. The fourth-order valence-corrected chi connectivity index (χ4v) is 7.42. The Hall–Kier alpha value is -4.34. The number of hydrogen-bond donors (Lipinski definition) is 2. The van der Waals surface area contributed by atoms with E-state index in [9.17, 15) is 18.8 Å². The van der Waals surface area contributed by atoms with Crippen LogP contribution >= 0.6 is 0 Å². The second kappa shape index (κ2) is 13.0. The minimum Gasteiger partial charge on any atom is -0.445 e. The molecule has 1 aliphatic carbocycles. The van der Waals surface area contributed by atoms with Crippen molar-refractivity contribution in [3.05, 3.63) is 77.9 Å². The van der Waals surface area contributed by atoms with Crippen LogP contribution < -0.4 is 5.32 Å². The fraction of sp³-hybridized carbons (Fsp3) is 0.486.